The van der Waals surface area contributed by atoms with Crippen LogP contribution in [0.25, 0.3) is 0 Å². The highest BCUT2D eigenvalue weighted by Crippen LogP contribution is 2.17. The predicted octanol–water partition coefficient (Wildman–Crippen LogP) is 1.58. The van der Waals surface area contributed by atoms with Crippen LogP contribution in [0.15, 0.2) is 48.9 Å². The van der Waals surface area contributed by atoms with Crippen molar-refractivity contribution in [1.82, 2.24) is 19.8 Å². The van der Waals surface area contributed by atoms with Gasteiger partial charge >= 0.3 is 7.12 Å². The van der Waals surface area contributed by atoms with Gasteiger partial charge in [-0.1, -0.05) is 43.7 Å². The van der Waals surface area contributed by atoms with Crippen LogP contribution in [0.3, 0.4) is 0 Å². The summed E-state index contributed by atoms with van der Waals surface area (Å²) in [6.07, 6.45) is 7.28. The average molecular weight is 426 g/mol. The number of carbonyl (C=O) groups excluding carboxylic acids is 2. The van der Waals surface area contributed by atoms with E-state index in [1.807, 2.05) is 37.3 Å². The van der Waals surface area contributed by atoms with Crippen molar-refractivity contribution in [2.24, 2.45) is 0 Å². The van der Waals surface area contributed by atoms with Crippen molar-refractivity contribution >= 4 is 18.9 Å². The summed E-state index contributed by atoms with van der Waals surface area (Å²) in [6.45, 7) is 1.93. The molecule has 31 heavy (non-hydrogen) atoms. The molecule has 2 unspecified atom stereocenters. The Kier molecular flexibility index (Phi) is 9.62. The summed E-state index contributed by atoms with van der Waals surface area (Å²) in [5.41, 5.74) is 1.31. The smallest absolute Gasteiger partial charge is 0.426 e. The summed E-state index contributed by atoms with van der Waals surface area (Å²) in [6, 6.07) is 9.17. The Morgan fingerprint density at radius 2 is 1.77 bits per heavy atom. The number of likely N-dealkylation sites (N-methyl/N-ethyl adjacent to an activating group) is 2. The fraction of sp³-hybridized carbons (Fsp3) is 0.455. The summed E-state index contributed by atoms with van der Waals surface area (Å²) in [4.78, 5) is 36.7. The van der Waals surface area contributed by atoms with Gasteiger partial charge < -0.3 is 19.8 Å². The Labute approximate surface area is 184 Å². The molecule has 8 nitrogen and oxygen atoms in total. The summed E-state index contributed by atoms with van der Waals surface area (Å²) < 4.78 is 0. The molecule has 2 N–H and O–H groups in total. The third-order valence-electron chi connectivity index (χ3n) is 5.41. The van der Waals surface area contributed by atoms with Gasteiger partial charge in [0, 0.05) is 26.5 Å². The minimum Gasteiger partial charge on any atom is -0.426 e. The van der Waals surface area contributed by atoms with Crippen molar-refractivity contribution in [2.45, 2.75) is 51.0 Å². The maximum absolute atomic E-state index is 13.3. The fourth-order valence-corrected chi connectivity index (χ4v) is 3.59. The monoisotopic (exact) mass is 426 g/mol. The van der Waals surface area contributed by atoms with Crippen molar-refractivity contribution in [3.8, 4) is 0 Å². The lowest BCUT2D eigenvalue weighted by molar-refractivity contribution is -0.136. The molecule has 2 rings (SSSR count). The highest BCUT2D eigenvalue weighted by Gasteiger charge is 2.36. The van der Waals surface area contributed by atoms with Gasteiger partial charge in [-0.3, -0.25) is 14.6 Å². The number of carbonyl (C=O) groups is 2. The first-order valence-electron chi connectivity index (χ1n) is 10.6. The minimum absolute atomic E-state index is 0.156. The van der Waals surface area contributed by atoms with Crippen molar-refractivity contribution < 1.29 is 19.6 Å². The molecule has 2 atom stereocenters. The Morgan fingerprint density at radius 1 is 1.06 bits per heavy atom. The number of hydrogen-bond acceptors (Lipinski definition) is 6. The Hall–Kier alpha value is -2.78. The molecule has 1 aromatic heterocycles. The molecule has 1 aromatic carbocycles. The van der Waals surface area contributed by atoms with E-state index in [0.717, 1.165) is 12.0 Å². The van der Waals surface area contributed by atoms with Gasteiger partial charge in [0.15, 0.2) is 0 Å². The summed E-state index contributed by atoms with van der Waals surface area (Å²) in [5.74, 6) is -1.51. The number of nitrogens with zero attached hydrogens (tertiary/aromatic N) is 4. The zero-order valence-electron chi connectivity index (χ0n) is 18.4. The lowest BCUT2D eigenvalue weighted by atomic mass is 9.75. The van der Waals surface area contributed by atoms with E-state index in [-0.39, 0.29) is 11.6 Å². The van der Waals surface area contributed by atoms with E-state index in [0.29, 0.717) is 25.7 Å². The van der Waals surface area contributed by atoms with Crippen molar-refractivity contribution in [3.63, 3.8) is 0 Å². The van der Waals surface area contributed by atoms with Gasteiger partial charge in [0.25, 0.3) is 5.91 Å². The van der Waals surface area contributed by atoms with Crippen LogP contribution in [0.4, 0.5) is 0 Å². The largest absolute Gasteiger partial charge is 0.475 e. The van der Waals surface area contributed by atoms with Gasteiger partial charge in [-0.2, -0.15) is 0 Å². The van der Waals surface area contributed by atoms with Crippen LogP contribution in [0.5, 0.6) is 0 Å². The topological polar surface area (TPSA) is 107 Å². The molecule has 0 spiro atoms. The van der Waals surface area contributed by atoms with E-state index >= 15 is 0 Å². The average Bonchev–Trinajstić information content (AvgIpc) is 2.79. The minimum atomic E-state index is -1.67. The lowest BCUT2D eigenvalue weighted by Gasteiger charge is -2.34. The third-order valence-corrected chi connectivity index (χ3v) is 5.41. The molecule has 0 fully saturated rings. The molecular formula is C22H31BN4O4. The van der Waals surface area contributed by atoms with E-state index < -0.39 is 25.0 Å². The van der Waals surface area contributed by atoms with Crippen molar-refractivity contribution in [1.29, 1.82) is 0 Å². The molecule has 2 amide bonds. The molecule has 9 heteroatoms. The fourth-order valence-electron chi connectivity index (χ4n) is 3.59. The first-order valence-corrected chi connectivity index (χ1v) is 10.6. The molecule has 0 radical (unpaired) electrons. The Balaban J connectivity index is 2.09. The SMILES string of the molecule is CCCC(C(=O)N(C)C(CCCc1ccccc1)B(O)O)N(C)C(=O)c1cnccn1. The van der Waals surface area contributed by atoms with Crippen LogP contribution in [0.2, 0.25) is 0 Å². The highest BCUT2D eigenvalue weighted by atomic mass is 16.4. The van der Waals surface area contributed by atoms with E-state index in [4.69, 9.17) is 0 Å². The van der Waals surface area contributed by atoms with Crippen LogP contribution in [0.1, 0.15) is 48.7 Å². The van der Waals surface area contributed by atoms with Crippen LogP contribution < -0.4 is 0 Å². The molecule has 166 valence electrons. The van der Waals surface area contributed by atoms with E-state index in [2.05, 4.69) is 9.97 Å². The zero-order valence-corrected chi connectivity index (χ0v) is 18.4. The highest BCUT2D eigenvalue weighted by molar-refractivity contribution is 6.43. The molecule has 0 saturated carbocycles. The third kappa shape index (κ3) is 6.87. The van der Waals surface area contributed by atoms with E-state index in [9.17, 15) is 19.6 Å². The summed E-state index contributed by atoms with van der Waals surface area (Å²) in [5, 5.41) is 19.9. The number of benzene rings is 1. The number of aryl methyl sites for hydroxylation is 1. The summed E-state index contributed by atoms with van der Waals surface area (Å²) >= 11 is 0. The second-order valence-corrected chi connectivity index (χ2v) is 7.62. The van der Waals surface area contributed by atoms with Gasteiger partial charge in [0.05, 0.1) is 12.1 Å². The lowest BCUT2D eigenvalue weighted by Crippen LogP contribution is -2.55. The van der Waals surface area contributed by atoms with Crippen molar-refractivity contribution in [2.75, 3.05) is 14.1 Å². The number of aromatic nitrogens is 2. The standard InChI is InChI=1S/C22H31BN4O4/c1-4-9-19(26(2)21(28)18-16-24-14-15-25-18)22(29)27(3)20(23(30)31)13-8-12-17-10-6-5-7-11-17/h5-7,10-11,14-16,19-20,30-31H,4,8-9,12-13H2,1-3H3. The Morgan fingerprint density at radius 3 is 2.35 bits per heavy atom. The quantitative estimate of drug-likeness (QED) is 0.529. The van der Waals surface area contributed by atoms with Crippen LogP contribution in [-0.4, -0.2) is 74.8 Å². The molecular weight excluding hydrogens is 395 g/mol. The number of rotatable bonds is 11. The van der Waals surface area contributed by atoms with Gasteiger partial charge in [-0.15, -0.1) is 0 Å². The van der Waals surface area contributed by atoms with Gasteiger partial charge in [0.1, 0.15) is 11.7 Å². The number of hydrogen-bond donors (Lipinski definition) is 2. The van der Waals surface area contributed by atoms with Crippen LogP contribution in [-0.2, 0) is 11.2 Å². The molecule has 0 bridgehead atoms. The van der Waals surface area contributed by atoms with Crippen molar-refractivity contribution in [3.05, 3.63) is 60.2 Å². The second kappa shape index (κ2) is 12.2. The Bertz CT molecular complexity index is 823. The maximum atomic E-state index is 13.3. The van der Waals surface area contributed by atoms with Crippen LogP contribution >= 0.6 is 0 Å². The normalized spacial score (nSPS) is 12.7. The van der Waals surface area contributed by atoms with Gasteiger partial charge in [0.2, 0.25) is 5.91 Å². The molecule has 2 aromatic rings. The molecule has 0 aliphatic heterocycles. The zero-order chi connectivity index (χ0) is 22.8. The number of amides is 2. The predicted molar refractivity (Wildman–Crippen MR) is 119 cm³/mol. The molecule has 0 aliphatic rings. The molecule has 1 heterocycles. The van der Waals surface area contributed by atoms with Gasteiger partial charge in [-0.05, 0) is 31.2 Å². The summed E-state index contributed by atoms with van der Waals surface area (Å²) in [7, 11) is 1.44. The van der Waals surface area contributed by atoms with E-state index in [1.165, 1.54) is 28.4 Å². The maximum Gasteiger partial charge on any atom is 0.475 e. The second-order valence-electron chi connectivity index (χ2n) is 7.62. The van der Waals surface area contributed by atoms with Crippen LogP contribution in [0, 0.1) is 0 Å². The molecule has 0 aliphatic carbocycles. The van der Waals surface area contributed by atoms with Gasteiger partial charge in [-0.25, -0.2) is 4.98 Å². The first-order chi connectivity index (χ1) is 14.9. The van der Waals surface area contributed by atoms with E-state index in [1.54, 1.807) is 14.1 Å². The molecule has 0 saturated heterocycles. The first kappa shape index (κ1) is 24.5.